The standard InChI is InChI=1S/C18H20FN3O2/c1-2-20-17(23)14-7-9-15(10-8-14)22-18(24)21-12-11-13-5-3-4-6-16(13)19/h3-10H,2,11-12H2,1H3,(H,20,23)(H2,21,22,24). The first-order chi connectivity index (χ1) is 11.6. The van der Waals surface area contributed by atoms with E-state index in [1.165, 1.54) is 6.07 Å². The average Bonchev–Trinajstić information content (AvgIpc) is 2.57. The van der Waals surface area contributed by atoms with Gasteiger partial charge in [0.15, 0.2) is 0 Å². The summed E-state index contributed by atoms with van der Waals surface area (Å²) in [7, 11) is 0. The summed E-state index contributed by atoms with van der Waals surface area (Å²) in [4.78, 5) is 23.5. The minimum absolute atomic E-state index is 0.154. The Morgan fingerprint density at radius 2 is 1.71 bits per heavy atom. The van der Waals surface area contributed by atoms with Crippen LogP contribution in [0.4, 0.5) is 14.9 Å². The number of carbonyl (C=O) groups is 2. The largest absolute Gasteiger partial charge is 0.352 e. The molecule has 5 nitrogen and oxygen atoms in total. The SMILES string of the molecule is CCNC(=O)c1ccc(NC(=O)NCCc2ccccc2F)cc1. The molecule has 6 heteroatoms. The van der Waals surface area contributed by atoms with Gasteiger partial charge in [-0.2, -0.15) is 0 Å². The lowest BCUT2D eigenvalue weighted by molar-refractivity contribution is 0.0956. The van der Waals surface area contributed by atoms with E-state index in [9.17, 15) is 14.0 Å². The third-order valence-corrected chi connectivity index (χ3v) is 3.38. The van der Waals surface area contributed by atoms with Crippen molar-refractivity contribution in [1.29, 1.82) is 0 Å². The Kier molecular flexibility index (Phi) is 6.31. The molecule has 0 saturated carbocycles. The molecule has 24 heavy (non-hydrogen) atoms. The number of benzene rings is 2. The first-order valence-corrected chi connectivity index (χ1v) is 7.76. The van der Waals surface area contributed by atoms with Crippen molar-refractivity contribution in [2.75, 3.05) is 18.4 Å². The fraction of sp³-hybridized carbons (Fsp3) is 0.222. The molecule has 0 saturated heterocycles. The van der Waals surface area contributed by atoms with Crippen molar-refractivity contribution in [3.8, 4) is 0 Å². The number of hydrogen-bond acceptors (Lipinski definition) is 2. The van der Waals surface area contributed by atoms with Crippen LogP contribution >= 0.6 is 0 Å². The van der Waals surface area contributed by atoms with Crippen LogP contribution in [0.25, 0.3) is 0 Å². The van der Waals surface area contributed by atoms with E-state index >= 15 is 0 Å². The number of carbonyl (C=O) groups excluding carboxylic acids is 2. The summed E-state index contributed by atoms with van der Waals surface area (Å²) in [6.45, 7) is 2.73. The van der Waals surface area contributed by atoms with E-state index in [4.69, 9.17) is 0 Å². The van der Waals surface area contributed by atoms with Gasteiger partial charge in [-0.1, -0.05) is 18.2 Å². The van der Waals surface area contributed by atoms with Crippen LogP contribution in [0.15, 0.2) is 48.5 Å². The molecule has 0 aliphatic carbocycles. The van der Waals surface area contributed by atoms with Crippen LogP contribution in [0.2, 0.25) is 0 Å². The quantitative estimate of drug-likeness (QED) is 0.762. The Morgan fingerprint density at radius 3 is 2.38 bits per heavy atom. The molecule has 0 heterocycles. The molecule has 2 rings (SSSR count). The van der Waals surface area contributed by atoms with Gasteiger partial charge in [-0.15, -0.1) is 0 Å². The van der Waals surface area contributed by atoms with Gasteiger partial charge in [0.1, 0.15) is 5.82 Å². The number of hydrogen-bond donors (Lipinski definition) is 3. The molecule has 0 aliphatic rings. The number of rotatable bonds is 6. The number of anilines is 1. The number of amides is 3. The molecule has 2 aromatic rings. The molecule has 0 atom stereocenters. The zero-order chi connectivity index (χ0) is 17.4. The molecule has 3 N–H and O–H groups in total. The molecule has 0 fully saturated rings. The van der Waals surface area contributed by atoms with Crippen LogP contribution in [0.5, 0.6) is 0 Å². The number of nitrogens with one attached hydrogen (secondary N) is 3. The van der Waals surface area contributed by atoms with Gasteiger partial charge in [-0.25, -0.2) is 9.18 Å². The minimum atomic E-state index is -0.378. The van der Waals surface area contributed by atoms with Crippen LogP contribution < -0.4 is 16.0 Å². The number of urea groups is 1. The maximum absolute atomic E-state index is 13.5. The van der Waals surface area contributed by atoms with Crippen molar-refractivity contribution in [2.45, 2.75) is 13.3 Å². The maximum Gasteiger partial charge on any atom is 0.319 e. The normalized spacial score (nSPS) is 10.1. The van der Waals surface area contributed by atoms with E-state index in [0.717, 1.165) is 0 Å². The lowest BCUT2D eigenvalue weighted by Gasteiger charge is -2.09. The molecule has 0 unspecified atom stereocenters. The minimum Gasteiger partial charge on any atom is -0.352 e. The Balaban J connectivity index is 1.80. The van der Waals surface area contributed by atoms with Gasteiger partial charge in [-0.05, 0) is 49.2 Å². The molecule has 0 aliphatic heterocycles. The molecule has 3 amide bonds. The average molecular weight is 329 g/mol. The maximum atomic E-state index is 13.5. The molecular weight excluding hydrogens is 309 g/mol. The second kappa shape index (κ2) is 8.67. The van der Waals surface area contributed by atoms with Gasteiger partial charge in [0.05, 0.1) is 0 Å². The predicted octanol–water partition coefficient (Wildman–Crippen LogP) is 2.94. The molecule has 0 radical (unpaired) electrons. The highest BCUT2D eigenvalue weighted by Gasteiger charge is 2.06. The lowest BCUT2D eigenvalue weighted by Crippen LogP contribution is -2.30. The van der Waals surface area contributed by atoms with Crippen molar-refractivity contribution >= 4 is 17.6 Å². The van der Waals surface area contributed by atoms with Crippen LogP contribution in [-0.2, 0) is 6.42 Å². The van der Waals surface area contributed by atoms with E-state index in [-0.39, 0.29) is 17.8 Å². The van der Waals surface area contributed by atoms with Gasteiger partial charge < -0.3 is 16.0 Å². The van der Waals surface area contributed by atoms with E-state index in [1.807, 2.05) is 6.92 Å². The Hall–Kier alpha value is -2.89. The van der Waals surface area contributed by atoms with Gasteiger partial charge in [0.2, 0.25) is 0 Å². The van der Waals surface area contributed by atoms with E-state index in [0.29, 0.717) is 36.3 Å². The fourth-order valence-electron chi connectivity index (χ4n) is 2.15. The van der Waals surface area contributed by atoms with Crippen LogP contribution in [0, 0.1) is 5.82 Å². The highest BCUT2D eigenvalue weighted by Crippen LogP contribution is 2.10. The summed E-state index contributed by atoms with van der Waals surface area (Å²) in [6, 6.07) is 12.7. The van der Waals surface area contributed by atoms with Crippen LogP contribution in [-0.4, -0.2) is 25.0 Å². The summed E-state index contributed by atoms with van der Waals surface area (Å²) >= 11 is 0. The predicted molar refractivity (Wildman–Crippen MR) is 91.6 cm³/mol. The smallest absolute Gasteiger partial charge is 0.319 e. The Bertz CT molecular complexity index is 702. The van der Waals surface area contributed by atoms with E-state index < -0.39 is 0 Å². The van der Waals surface area contributed by atoms with Gasteiger partial charge in [-0.3, -0.25) is 4.79 Å². The Morgan fingerprint density at radius 1 is 1.00 bits per heavy atom. The fourth-order valence-corrected chi connectivity index (χ4v) is 2.15. The summed E-state index contributed by atoms with van der Waals surface area (Å²) in [6.07, 6.45) is 0.413. The van der Waals surface area contributed by atoms with Crippen molar-refractivity contribution in [1.82, 2.24) is 10.6 Å². The molecule has 0 spiro atoms. The molecular formula is C18H20FN3O2. The van der Waals surface area contributed by atoms with Gasteiger partial charge in [0, 0.05) is 24.3 Å². The van der Waals surface area contributed by atoms with Crippen molar-refractivity contribution in [3.63, 3.8) is 0 Å². The van der Waals surface area contributed by atoms with Crippen LogP contribution in [0.3, 0.4) is 0 Å². The third kappa shape index (κ3) is 5.08. The first-order valence-electron chi connectivity index (χ1n) is 7.76. The highest BCUT2D eigenvalue weighted by atomic mass is 19.1. The topological polar surface area (TPSA) is 70.2 Å². The summed E-state index contributed by atoms with van der Waals surface area (Å²) in [5.74, 6) is -0.431. The monoisotopic (exact) mass is 329 g/mol. The second-order valence-corrected chi connectivity index (χ2v) is 5.16. The highest BCUT2D eigenvalue weighted by molar-refractivity contribution is 5.95. The second-order valence-electron chi connectivity index (χ2n) is 5.16. The zero-order valence-corrected chi connectivity index (χ0v) is 13.4. The summed E-state index contributed by atoms with van der Waals surface area (Å²) in [5.41, 5.74) is 1.66. The number of halogens is 1. The summed E-state index contributed by atoms with van der Waals surface area (Å²) in [5, 5.41) is 8.03. The Labute approximate surface area is 140 Å². The zero-order valence-electron chi connectivity index (χ0n) is 13.4. The summed E-state index contributed by atoms with van der Waals surface area (Å²) < 4.78 is 13.5. The van der Waals surface area contributed by atoms with Gasteiger partial charge >= 0.3 is 6.03 Å². The van der Waals surface area contributed by atoms with Crippen molar-refractivity contribution < 1.29 is 14.0 Å². The van der Waals surface area contributed by atoms with Crippen molar-refractivity contribution in [3.05, 3.63) is 65.5 Å². The van der Waals surface area contributed by atoms with E-state index in [1.54, 1.807) is 42.5 Å². The first kappa shape index (κ1) is 17.5. The molecule has 2 aromatic carbocycles. The third-order valence-electron chi connectivity index (χ3n) is 3.38. The van der Waals surface area contributed by atoms with Gasteiger partial charge in [0.25, 0.3) is 5.91 Å². The lowest BCUT2D eigenvalue weighted by atomic mass is 10.1. The van der Waals surface area contributed by atoms with Crippen LogP contribution in [0.1, 0.15) is 22.8 Å². The molecule has 126 valence electrons. The molecule has 0 bridgehead atoms. The van der Waals surface area contributed by atoms with Crippen molar-refractivity contribution in [2.24, 2.45) is 0 Å². The molecule has 0 aromatic heterocycles. The van der Waals surface area contributed by atoms with E-state index in [2.05, 4.69) is 16.0 Å².